The van der Waals surface area contributed by atoms with Crippen molar-refractivity contribution in [3.63, 3.8) is 0 Å². The number of hydrogen-bond acceptors (Lipinski definition) is 0. The van der Waals surface area contributed by atoms with Crippen LogP contribution in [0.25, 0.3) is 0 Å². The topological polar surface area (TPSA) is 0 Å². The molecule has 1 rings (SSSR count). The number of rotatable bonds is 0. The van der Waals surface area contributed by atoms with Crippen molar-refractivity contribution in [3.05, 3.63) is 21.0 Å². The van der Waals surface area contributed by atoms with E-state index in [1.807, 2.05) is 0 Å². The van der Waals surface area contributed by atoms with Gasteiger partial charge in [0, 0.05) is 0 Å². The normalized spacial score (nSPS) is 19.1. The summed E-state index contributed by atoms with van der Waals surface area (Å²) in [5.41, 5.74) is 0. The van der Waals surface area contributed by atoms with Crippen LogP contribution in [-0.2, 0) is 0 Å². The second-order valence-electron chi connectivity index (χ2n) is 2.20. The Morgan fingerprint density at radius 3 is 1.71 bits per heavy atom. The Balaban J connectivity index is 2.61. The van der Waals surface area contributed by atoms with Gasteiger partial charge in [0.2, 0.25) is 0 Å². The molecule has 0 bridgehead atoms. The molecule has 0 aromatic carbocycles. The molecule has 38 valence electrons. The summed E-state index contributed by atoms with van der Waals surface area (Å²) in [4.78, 5) is 0. The molecule has 0 radical (unpaired) electrons. The summed E-state index contributed by atoms with van der Waals surface area (Å²) in [7, 11) is 0. The van der Waals surface area contributed by atoms with Crippen molar-refractivity contribution in [2.75, 3.05) is 0 Å². The van der Waals surface area contributed by atoms with Gasteiger partial charge in [0.05, 0.1) is 0 Å². The SMILES string of the molecule is C[C]1=CC=[C](C)[GeH2]1. The van der Waals surface area contributed by atoms with Gasteiger partial charge in [-0.1, -0.05) is 0 Å². The molecule has 0 fully saturated rings. The molecule has 7 heavy (non-hydrogen) atoms. The van der Waals surface area contributed by atoms with E-state index in [-0.39, 0.29) is 15.4 Å². The fourth-order valence-corrected chi connectivity index (χ4v) is 3.68. The maximum atomic E-state index is 2.26. The number of allylic oxidation sites excluding steroid dienone is 4. The van der Waals surface area contributed by atoms with Crippen molar-refractivity contribution in [3.8, 4) is 0 Å². The standard InChI is InChI=1S/C6H10Ge/c1-5-3-4-6(2)7-5/h3-4H,7H2,1-2H3. The van der Waals surface area contributed by atoms with Crippen molar-refractivity contribution in [1.82, 2.24) is 0 Å². The molecule has 0 saturated heterocycles. The Bertz CT molecular complexity index is 115. The Labute approximate surface area is 50.8 Å². The van der Waals surface area contributed by atoms with E-state index in [1.54, 1.807) is 8.81 Å². The zero-order valence-corrected chi connectivity index (χ0v) is 7.83. The zero-order valence-electron chi connectivity index (χ0n) is 4.86. The zero-order chi connectivity index (χ0) is 5.28. The van der Waals surface area contributed by atoms with Gasteiger partial charge in [0.25, 0.3) is 0 Å². The van der Waals surface area contributed by atoms with Gasteiger partial charge >= 0.3 is 50.2 Å². The first-order valence-corrected chi connectivity index (χ1v) is 5.58. The van der Waals surface area contributed by atoms with Gasteiger partial charge in [-0.25, -0.2) is 0 Å². The fraction of sp³-hybridized carbons (Fsp3) is 0.333. The van der Waals surface area contributed by atoms with Crippen molar-refractivity contribution in [2.45, 2.75) is 13.8 Å². The quantitative estimate of drug-likeness (QED) is 0.457. The van der Waals surface area contributed by atoms with E-state index in [2.05, 4.69) is 26.0 Å². The second-order valence-corrected chi connectivity index (χ2v) is 7.62. The van der Waals surface area contributed by atoms with Crippen LogP contribution in [0.2, 0.25) is 0 Å². The summed E-state index contributed by atoms with van der Waals surface area (Å²) >= 11 is -0.264. The van der Waals surface area contributed by atoms with E-state index in [0.717, 1.165) is 0 Å². The first-order chi connectivity index (χ1) is 3.29. The van der Waals surface area contributed by atoms with Crippen LogP contribution < -0.4 is 0 Å². The monoisotopic (exact) mass is 156 g/mol. The van der Waals surface area contributed by atoms with Gasteiger partial charge in [-0.2, -0.15) is 0 Å². The van der Waals surface area contributed by atoms with E-state index < -0.39 is 0 Å². The molecule has 1 aliphatic rings. The van der Waals surface area contributed by atoms with Crippen LogP contribution in [0.4, 0.5) is 0 Å². The molecule has 1 heteroatoms. The minimum absolute atomic E-state index is 0.264. The summed E-state index contributed by atoms with van der Waals surface area (Å²) in [5, 5.41) is 0. The Morgan fingerprint density at radius 1 is 1.14 bits per heavy atom. The summed E-state index contributed by atoms with van der Waals surface area (Å²) in [6.07, 6.45) is 4.52. The summed E-state index contributed by atoms with van der Waals surface area (Å²) in [6.45, 7) is 4.49. The molecular weight excluding hydrogens is 145 g/mol. The predicted octanol–water partition coefficient (Wildman–Crippen LogP) is 0.976. The van der Waals surface area contributed by atoms with Crippen LogP contribution in [-0.4, -0.2) is 15.4 Å². The molecule has 0 amide bonds. The number of hydrogen-bond donors (Lipinski definition) is 0. The van der Waals surface area contributed by atoms with Crippen molar-refractivity contribution in [2.24, 2.45) is 0 Å². The third-order valence-electron chi connectivity index (χ3n) is 1.21. The maximum absolute atomic E-state index is 2.26. The third-order valence-corrected chi connectivity index (χ3v) is 4.54. The molecule has 0 unspecified atom stereocenters. The molecule has 1 aliphatic heterocycles. The Kier molecular flexibility index (Phi) is 1.38. The van der Waals surface area contributed by atoms with E-state index in [0.29, 0.717) is 0 Å². The van der Waals surface area contributed by atoms with Gasteiger partial charge in [0.15, 0.2) is 0 Å². The molecular formula is C6H10Ge. The molecule has 0 aromatic rings. The molecule has 0 N–H and O–H groups in total. The molecule has 0 saturated carbocycles. The summed E-state index contributed by atoms with van der Waals surface area (Å²) in [5.74, 6) is 0. The van der Waals surface area contributed by atoms with E-state index in [4.69, 9.17) is 0 Å². The van der Waals surface area contributed by atoms with Gasteiger partial charge in [-0.3, -0.25) is 0 Å². The first-order valence-electron chi connectivity index (χ1n) is 2.62. The van der Waals surface area contributed by atoms with E-state index >= 15 is 0 Å². The van der Waals surface area contributed by atoms with Gasteiger partial charge in [-0.05, 0) is 0 Å². The Hall–Kier alpha value is 0.0229. The van der Waals surface area contributed by atoms with Crippen LogP contribution in [0.1, 0.15) is 13.8 Å². The summed E-state index contributed by atoms with van der Waals surface area (Å²) in [6, 6.07) is 0. The van der Waals surface area contributed by atoms with Crippen molar-refractivity contribution >= 4 is 15.4 Å². The molecule has 1 heterocycles. The molecule has 0 atom stereocenters. The van der Waals surface area contributed by atoms with Crippen LogP contribution in [0, 0.1) is 0 Å². The molecule has 0 spiro atoms. The van der Waals surface area contributed by atoms with Gasteiger partial charge in [-0.15, -0.1) is 0 Å². The van der Waals surface area contributed by atoms with Crippen LogP contribution in [0.5, 0.6) is 0 Å². The van der Waals surface area contributed by atoms with E-state index in [9.17, 15) is 0 Å². The third kappa shape index (κ3) is 1.20. The van der Waals surface area contributed by atoms with Crippen LogP contribution in [0.3, 0.4) is 0 Å². The average Bonchev–Trinajstić information content (AvgIpc) is 1.87. The van der Waals surface area contributed by atoms with Crippen molar-refractivity contribution < 1.29 is 0 Å². The molecule has 0 aromatic heterocycles. The fourth-order valence-electron chi connectivity index (χ4n) is 0.842. The second kappa shape index (κ2) is 1.87. The molecule has 0 nitrogen and oxygen atoms in total. The van der Waals surface area contributed by atoms with Crippen molar-refractivity contribution in [1.29, 1.82) is 0 Å². The van der Waals surface area contributed by atoms with Gasteiger partial charge < -0.3 is 0 Å². The van der Waals surface area contributed by atoms with Gasteiger partial charge in [0.1, 0.15) is 0 Å². The van der Waals surface area contributed by atoms with E-state index in [1.165, 1.54) is 0 Å². The summed E-state index contributed by atoms with van der Waals surface area (Å²) < 4.78 is 3.34. The Morgan fingerprint density at radius 2 is 1.57 bits per heavy atom. The van der Waals surface area contributed by atoms with Crippen LogP contribution in [0.15, 0.2) is 21.0 Å². The average molecular weight is 155 g/mol. The predicted molar refractivity (Wildman–Crippen MR) is 36.1 cm³/mol. The van der Waals surface area contributed by atoms with Crippen LogP contribution >= 0.6 is 0 Å². The first kappa shape index (κ1) is 5.17. The minimum atomic E-state index is -0.264. The molecule has 0 aliphatic carbocycles.